The number of hydrogen-bond acceptors (Lipinski definition) is 2. The van der Waals surface area contributed by atoms with E-state index in [0.29, 0.717) is 15.8 Å². The van der Waals surface area contributed by atoms with Crippen LogP contribution in [0.25, 0.3) is 0 Å². The lowest BCUT2D eigenvalue weighted by atomic mass is 10.3. The Morgan fingerprint density at radius 1 is 0.824 bits per heavy atom. The number of benzene rings is 2. The highest BCUT2D eigenvalue weighted by atomic mass is 35.5. The molecule has 5 heteroatoms. The summed E-state index contributed by atoms with van der Waals surface area (Å²) in [4.78, 5) is 0.930. The molecule has 0 heterocycles. The Labute approximate surface area is 117 Å². The molecule has 0 amide bonds. The molecule has 17 heavy (non-hydrogen) atoms. The van der Waals surface area contributed by atoms with Crippen LogP contribution in [0.5, 0.6) is 5.75 Å². The Bertz CT molecular complexity index is 523. The molecule has 2 aromatic rings. The van der Waals surface area contributed by atoms with Crippen LogP contribution in [0.2, 0.25) is 10.0 Å². The van der Waals surface area contributed by atoms with Gasteiger partial charge in [-0.1, -0.05) is 23.2 Å². The quantitative estimate of drug-likeness (QED) is 0.829. The molecule has 0 saturated carbocycles. The second-order valence-corrected chi connectivity index (χ2v) is 6.11. The fourth-order valence-electron chi connectivity index (χ4n) is 1.17. The van der Waals surface area contributed by atoms with Crippen molar-refractivity contribution >= 4 is 44.1 Å². The topological polar surface area (TPSA) is 9.23 Å². The average molecular weight is 303 g/mol. The minimum Gasteiger partial charge on any atom is -0.419 e. The van der Waals surface area contributed by atoms with Crippen LogP contribution in [0.4, 0.5) is 0 Å². The Hall–Kier alpha value is -0.610. The van der Waals surface area contributed by atoms with E-state index in [1.165, 1.54) is 0 Å². The van der Waals surface area contributed by atoms with Crippen LogP contribution < -0.4 is 4.18 Å². The summed E-state index contributed by atoms with van der Waals surface area (Å²) < 4.78 is 5.64. The van der Waals surface area contributed by atoms with Crippen LogP contribution in [0.15, 0.2) is 53.4 Å². The van der Waals surface area contributed by atoms with Crippen LogP contribution >= 0.6 is 23.2 Å². The molecule has 1 unspecified atom stereocenters. The second-order valence-electron chi connectivity index (χ2n) is 3.23. The zero-order valence-corrected chi connectivity index (χ0v) is 11.7. The van der Waals surface area contributed by atoms with Crippen LogP contribution in [0.3, 0.4) is 0 Å². The van der Waals surface area contributed by atoms with E-state index in [2.05, 4.69) is 0 Å². The Morgan fingerprint density at radius 2 is 1.29 bits per heavy atom. The summed E-state index contributed by atoms with van der Waals surface area (Å²) in [5, 5.41) is 1.36. The molecule has 0 aliphatic heterocycles. The number of rotatable bonds is 3. The minimum absolute atomic E-state index is 0.674. The van der Waals surface area contributed by atoms with Gasteiger partial charge in [0.15, 0.2) is 0 Å². The first-order valence-electron chi connectivity index (χ1n) is 4.76. The second kappa shape index (κ2) is 5.83. The molecule has 1 atom stereocenters. The highest BCUT2D eigenvalue weighted by molar-refractivity contribution is 8.26. The summed E-state index contributed by atoms with van der Waals surface area (Å²) in [5.74, 6) is 0.711. The molecule has 0 fully saturated rings. The van der Waals surface area contributed by atoms with Gasteiger partial charge in [-0.15, -0.1) is 0 Å². The number of halogens is 2. The summed E-state index contributed by atoms with van der Waals surface area (Å²) >= 11 is 16.9. The van der Waals surface area contributed by atoms with Crippen molar-refractivity contribution in [3.63, 3.8) is 0 Å². The van der Waals surface area contributed by atoms with Crippen LogP contribution in [-0.4, -0.2) is 0 Å². The largest absolute Gasteiger partial charge is 0.419 e. The van der Waals surface area contributed by atoms with E-state index >= 15 is 0 Å². The fraction of sp³-hybridized carbons (Fsp3) is 0. The van der Waals surface area contributed by atoms with E-state index in [-0.39, 0.29) is 0 Å². The predicted octanol–water partition coefficient (Wildman–Crippen LogP) is 4.43. The summed E-state index contributed by atoms with van der Waals surface area (Å²) in [6.07, 6.45) is 0. The molecule has 0 spiro atoms. The lowest BCUT2D eigenvalue weighted by Gasteiger charge is -2.07. The minimum atomic E-state index is -0.718. The van der Waals surface area contributed by atoms with Crippen molar-refractivity contribution in [3.8, 4) is 5.75 Å². The lowest BCUT2D eigenvalue weighted by Crippen LogP contribution is -1.99. The van der Waals surface area contributed by atoms with Gasteiger partial charge in [-0.05, 0) is 59.7 Å². The molecule has 1 nitrogen and oxygen atoms in total. The van der Waals surface area contributed by atoms with Crippen molar-refractivity contribution in [2.24, 2.45) is 0 Å². The van der Waals surface area contributed by atoms with Gasteiger partial charge in [0.05, 0.1) is 9.74 Å². The van der Waals surface area contributed by atoms with Crippen molar-refractivity contribution in [3.05, 3.63) is 58.6 Å². The molecule has 0 aliphatic rings. The molecule has 88 valence electrons. The van der Waals surface area contributed by atoms with Crippen LogP contribution in [-0.2, 0) is 20.9 Å². The summed E-state index contributed by atoms with van der Waals surface area (Å²) in [6.45, 7) is 0. The van der Waals surface area contributed by atoms with E-state index < -0.39 is 9.74 Å². The van der Waals surface area contributed by atoms with Crippen molar-refractivity contribution < 1.29 is 4.18 Å². The smallest absolute Gasteiger partial charge is 0.138 e. The van der Waals surface area contributed by atoms with E-state index in [0.717, 1.165) is 4.90 Å². The Morgan fingerprint density at radius 3 is 1.82 bits per heavy atom. The SMILES string of the molecule is S=S(Oc1ccc(Cl)cc1)c1ccc(Cl)cc1. The third kappa shape index (κ3) is 3.68. The molecule has 0 aliphatic carbocycles. The van der Waals surface area contributed by atoms with Gasteiger partial charge in [0.25, 0.3) is 0 Å². The Balaban J connectivity index is 2.11. The maximum atomic E-state index is 5.81. The molecular formula is C12H8Cl2OS2. The molecule has 0 radical (unpaired) electrons. The van der Waals surface area contributed by atoms with E-state index in [1.807, 2.05) is 12.1 Å². The first kappa shape index (κ1) is 12.8. The van der Waals surface area contributed by atoms with Gasteiger partial charge < -0.3 is 4.18 Å². The standard InChI is InChI=1S/C12H8Cl2OS2/c13-9-1-5-11(6-2-9)15-17(16)12-7-3-10(14)4-8-12/h1-8H. The normalized spacial score (nSPS) is 12.1. The Kier molecular flexibility index (Phi) is 4.40. The molecule has 0 bridgehead atoms. The molecule has 2 rings (SSSR count). The van der Waals surface area contributed by atoms with Gasteiger partial charge in [-0.3, -0.25) is 0 Å². The maximum Gasteiger partial charge on any atom is 0.138 e. The first-order valence-corrected chi connectivity index (χ1v) is 7.59. The summed E-state index contributed by atoms with van der Waals surface area (Å²) in [5.41, 5.74) is 0. The van der Waals surface area contributed by atoms with Crippen molar-refractivity contribution in [2.45, 2.75) is 4.90 Å². The van der Waals surface area contributed by atoms with E-state index in [1.54, 1.807) is 36.4 Å². The number of hydrogen-bond donors (Lipinski definition) is 0. The van der Waals surface area contributed by atoms with Gasteiger partial charge >= 0.3 is 0 Å². The zero-order valence-electron chi connectivity index (χ0n) is 8.60. The van der Waals surface area contributed by atoms with Gasteiger partial charge in [-0.25, -0.2) is 0 Å². The predicted molar refractivity (Wildman–Crippen MR) is 76.5 cm³/mol. The van der Waals surface area contributed by atoms with Crippen molar-refractivity contribution in [2.75, 3.05) is 0 Å². The molecule has 0 aromatic heterocycles. The fourth-order valence-corrected chi connectivity index (χ4v) is 2.73. The van der Waals surface area contributed by atoms with E-state index in [9.17, 15) is 0 Å². The van der Waals surface area contributed by atoms with E-state index in [4.69, 9.17) is 38.6 Å². The third-order valence-corrected chi connectivity index (χ3v) is 4.28. The highest BCUT2D eigenvalue weighted by Gasteiger charge is 2.02. The average Bonchev–Trinajstić information content (AvgIpc) is 2.33. The third-order valence-electron chi connectivity index (χ3n) is 1.99. The molecule has 2 aromatic carbocycles. The first-order chi connectivity index (χ1) is 8.15. The summed E-state index contributed by atoms with van der Waals surface area (Å²) in [6, 6.07) is 14.5. The molecule has 0 saturated heterocycles. The zero-order chi connectivity index (χ0) is 12.3. The lowest BCUT2D eigenvalue weighted by molar-refractivity contribution is 0.639. The monoisotopic (exact) mass is 302 g/mol. The van der Waals surface area contributed by atoms with Gasteiger partial charge in [0.1, 0.15) is 5.75 Å². The van der Waals surface area contributed by atoms with Crippen LogP contribution in [0.1, 0.15) is 0 Å². The van der Waals surface area contributed by atoms with Gasteiger partial charge in [-0.2, -0.15) is 0 Å². The molecule has 0 N–H and O–H groups in total. The van der Waals surface area contributed by atoms with Crippen molar-refractivity contribution in [1.29, 1.82) is 0 Å². The maximum absolute atomic E-state index is 5.81. The van der Waals surface area contributed by atoms with Gasteiger partial charge in [0, 0.05) is 14.9 Å². The van der Waals surface area contributed by atoms with Gasteiger partial charge in [0.2, 0.25) is 0 Å². The summed E-state index contributed by atoms with van der Waals surface area (Å²) in [7, 11) is -0.718. The van der Waals surface area contributed by atoms with Crippen molar-refractivity contribution in [1.82, 2.24) is 0 Å². The molecular weight excluding hydrogens is 295 g/mol. The van der Waals surface area contributed by atoms with Crippen LogP contribution in [0, 0.1) is 0 Å². The highest BCUT2D eigenvalue weighted by Crippen LogP contribution is 2.19.